The van der Waals surface area contributed by atoms with E-state index in [1.54, 1.807) is 0 Å². The molecular formula is C8H14N2O3S. The fourth-order valence-electron chi connectivity index (χ4n) is 1.01. The summed E-state index contributed by atoms with van der Waals surface area (Å²) in [5.74, 6) is 0.239. The van der Waals surface area contributed by atoms with Gasteiger partial charge in [0.05, 0.1) is 6.10 Å². The smallest absolute Gasteiger partial charge is 0.279 e. The van der Waals surface area contributed by atoms with Crippen LogP contribution in [0, 0.1) is 0 Å². The first-order valence-corrected chi connectivity index (χ1v) is 5.51. The number of amides is 2. The number of nitrogens with one attached hydrogen (secondary N) is 2. The molecule has 3 N–H and O–H groups in total. The van der Waals surface area contributed by atoms with Crippen molar-refractivity contribution in [3.63, 3.8) is 0 Å². The lowest BCUT2D eigenvalue weighted by atomic mass is 10.2. The lowest BCUT2D eigenvalue weighted by molar-refractivity contribution is -0.122. The van der Waals surface area contributed by atoms with Crippen LogP contribution < -0.4 is 10.6 Å². The van der Waals surface area contributed by atoms with E-state index in [1.807, 2.05) is 6.92 Å². The SMILES string of the molecule is CCC(O)CNC(=O)C1CSC(=O)N1. The minimum Gasteiger partial charge on any atom is -0.391 e. The van der Waals surface area contributed by atoms with E-state index in [9.17, 15) is 14.7 Å². The molecule has 14 heavy (non-hydrogen) atoms. The molecule has 2 amide bonds. The Labute approximate surface area is 86.6 Å². The molecule has 2 atom stereocenters. The Bertz CT molecular complexity index is 235. The Morgan fingerprint density at radius 3 is 3.07 bits per heavy atom. The number of aliphatic hydroxyl groups is 1. The lowest BCUT2D eigenvalue weighted by Gasteiger charge is -2.12. The van der Waals surface area contributed by atoms with E-state index in [0.29, 0.717) is 12.2 Å². The van der Waals surface area contributed by atoms with Crippen molar-refractivity contribution < 1.29 is 14.7 Å². The van der Waals surface area contributed by atoms with Crippen molar-refractivity contribution in [3.8, 4) is 0 Å². The molecule has 1 fully saturated rings. The third-order valence-electron chi connectivity index (χ3n) is 1.97. The van der Waals surface area contributed by atoms with Gasteiger partial charge in [0.1, 0.15) is 6.04 Å². The topological polar surface area (TPSA) is 78.4 Å². The van der Waals surface area contributed by atoms with E-state index in [-0.39, 0.29) is 17.7 Å². The van der Waals surface area contributed by atoms with E-state index in [2.05, 4.69) is 10.6 Å². The average molecular weight is 218 g/mol. The van der Waals surface area contributed by atoms with Gasteiger partial charge in [-0.15, -0.1) is 0 Å². The minimum atomic E-state index is -0.510. The third kappa shape index (κ3) is 3.19. The fraction of sp³-hybridized carbons (Fsp3) is 0.750. The summed E-state index contributed by atoms with van der Waals surface area (Å²) in [6.45, 7) is 2.08. The van der Waals surface area contributed by atoms with Crippen LogP contribution in [0.4, 0.5) is 4.79 Å². The Morgan fingerprint density at radius 1 is 1.86 bits per heavy atom. The largest absolute Gasteiger partial charge is 0.391 e. The molecule has 0 spiro atoms. The van der Waals surface area contributed by atoms with Gasteiger partial charge in [0, 0.05) is 12.3 Å². The molecule has 0 aromatic heterocycles. The highest BCUT2D eigenvalue weighted by Crippen LogP contribution is 2.12. The molecule has 0 aromatic carbocycles. The first-order valence-electron chi connectivity index (χ1n) is 4.52. The molecule has 1 heterocycles. The molecule has 6 heteroatoms. The summed E-state index contributed by atoms with van der Waals surface area (Å²) in [6.07, 6.45) is 0.0928. The van der Waals surface area contributed by atoms with Crippen molar-refractivity contribution in [2.24, 2.45) is 0 Å². The highest BCUT2D eigenvalue weighted by Gasteiger charge is 2.27. The van der Waals surface area contributed by atoms with Crippen molar-refractivity contribution in [3.05, 3.63) is 0 Å². The van der Waals surface area contributed by atoms with Crippen LogP contribution in [0.2, 0.25) is 0 Å². The summed E-state index contributed by atoms with van der Waals surface area (Å²) in [5, 5.41) is 14.1. The Balaban J connectivity index is 2.25. The standard InChI is InChI=1S/C8H14N2O3S/c1-2-5(11)3-9-7(12)6-4-14-8(13)10-6/h5-6,11H,2-4H2,1H3,(H,9,12)(H,10,13). The summed E-state index contributed by atoms with van der Waals surface area (Å²) in [7, 11) is 0. The second kappa shape index (κ2) is 5.21. The van der Waals surface area contributed by atoms with Gasteiger partial charge in [-0.3, -0.25) is 9.59 Å². The first kappa shape index (κ1) is 11.3. The number of thioether (sulfide) groups is 1. The van der Waals surface area contributed by atoms with Gasteiger partial charge >= 0.3 is 0 Å². The molecule has 80 valence electrons. The third-order valence-corrected chi connectivity index (χ3v) is 2.85. The number of hydrogen-bond acceptors (Lipinski definition) is 4. The van der Waals surface area contributed by atoms with Crippen LogP contribution in [-0.4, -0.2) is 40.7 Å². The summed E-state index contributed by atoms with van der Waals surface area (Å²) < 4.78 is 0. The van der Waals surface area contributed by atoms with Crippen LogP contribution in [-0.2, 0) is 4.79 Å². The number of aliphatic hydroxyl groups excluding tert-OH is 1. The molecule has 0 aliphatic carbocycles. The van der Waals surface area contributed by atoms with Gasteiger partial charge in [0.15, 0.2) is 0 Å². The molecule has 0 radical (unpaired) electrons. The van der Waals surface area contributed by atoms with Gasteiger partial charge in [-0.05, 0) is 6.42 Å². The molecule has 0 saturated carbocycles. The predicted octanol–water partition coefficient (Wildman–Crippen LogP) is -0.302. The summed E-state index contributed by atoms with van der Waals surface area (Å²) in [5.41, 5.74) is 0. The van der Waals surface area contributed by atoms with E-state index in [0.717, 1.165) is 11.8 Å². The maximum Gasteiger partial charge on any atom is 0.279 e. The summed E-state index contributed by atoms with van der Waals surface area (Å²) in [6, 6.07) is -0.448. The quantitative estimate of drug-likeness (QED) is 0.605. The highest BCUT2D eigenvalue weighted by atomic mass is 32.2. The van der Waals surface area contributed by atoms with Gasteiger partial charge < -0.3 is 15.7 Å². The summed E-state index contributed by atoms with van der Waals surface area (Å²) in [4.78, 5) is 22.1. The van der Waals surface area contributed by atoms with E-state index in [4.69, 9.17) is 0 Å². The van der Waals surface area contributed by atoms with Crippen molar-refractivity contribution >= 4 is 22.9 Å². The normalized spacial score (nSPS) is 23.0. The zero-order valence-electron chi connectivity index (χ0n) is 7.95. The van der Waals surface area contributed by atoms with Crippen LogP contribution in [0.15, 0.2) is 0 Å². The van der Waals surface area contributed by atoms with Crippen LogP contribution in [0.1, 0.15) is 13.3 Å². The average Bonchev–Trinajstić information content (AvgIpc) is 2.60. The number of carbonyl (C=O) groups excluding carboxylic acids is 2. The fourth-order valence-corrected chi connectivity index (χ4v) is 1.79. The molecule has 1 rings (SSSR count). The zero-order chi connectivity index (χ0) is 10.6. The Kier molecular flexibility index (Phi) is 4.21. The molecule has 2 unspecified atom stereocenters. The highest BCUT2D eigenvalue weighted by molar-refractivity contribution is 8.14. The van der Waals surface area contributed by atoms with Gasteiger partial charge in [0.2, 0.25) is 5.91 Å². The van der Waals surface area contributed by atoms with Gasteiger partial charge in [-0.1, -0.05) is 18.7 Å². The number of hydrogen-bond donors (Lipinski definition) is 3. The molecular weight excluding hydrogens is 204 g/mol. The Hall–Kier alpha value is -0.750. The molecule has 0 bridgehead atoms. The van der Waals surface area contributed by atoms with E-state index < -0.39 is 12.1 Å². The minimum absolute atomic E-state index is 0.166. The van der Waals surface area contributed by atoms with Crippen molar-refractivity contribution in [1.29, 1.82) is 0 Å². The monoisotopic (exact) mass is 218 g/mol. The summed E-state index contributed by atoms with van der Waals surface area (Å²) >= 11 is 1.10. The number of carbonyl (C=O) groups is 2. The number of rotatable bonds is 4. The maximum atomic E-state index is 11.4. The zero-order valence-corrected chi connectivity index (χ0v) is 8.76. The molecule has 1 saturated heterocycles. The molecule has 1 aliphatic heterocycles. The molecule has 1 aliphatic rings. The van der Waals surface area contributed by atoms with Crippen LogP contribution >= 0.6 is 11.8 Å². The van der Waals surface area contributed by atoms with Crippen molar-refractivity contribution in [2.75, 3.05) is 12.3 Å². The first-order chi connectivity index (χ1) is 6.63. The second-order valence-corrected chi connectivity index (χ2v) is 4.10. The van der Waals surface area contributed by atoms with E-state index >= 15 is 0 Å². The van der Waals surface area contributed by atoms with E-state index in [1.165, 1.54) is 0 Å². The van der Waals surface area contributed by atoms with Gasteiger partial charge in [0.25, 0.3) is 5.24 Å². The molecule has 0 aromatic rings. The van der Waals surface area contributed by atoms with Crippen molar-refractivity contribution in [2.45, 2.75) is 25.5 Å². The molecule has 5 nitrogen and oxygen atoms in total. The van der Waals surface area contributed by atoms with Crippen LogP contribution in [0.3, 0.4) is 0 Å². The van der Waals surface area contributed by atoms with Gasteiger partial charge in [-0.25, -0.2) is 0 Å². The maximum absolute atomic E-state index is 11.4. The van der Waals surface area contributed by atoms with Gasteiger partial charge in [-0.2, -0.15) is 0 Å². The predicted molar refractivity (Wildman–Crippen MR) is 54.1 cm³/mol. The Morgan fingerprint density at radius 2 is 2.57 bits per heavy atom. The van der Waals surface area contributed by atoms with Crippen LogP contribution in [0.5, 0.6) is 0 Å². The second-order valence-electron chi connectivity index (χ2n) is 3.10. The lowest BCUT2D eigenvalue weighted by Crippen LogP contribution is -2.45. The van der Waals surface area contributed by atoms with Crippen molar-refractivity contribution in [1.82, 2.24) is 10.6 Å². The van der Waals surface area contributed by atoms with Crippen LogP contribution in [0.25, 0.3) is 0 Å².